The molecule has 0 spiro atoms. The van der Waals surface area contributed by atoms with Gasteiger partial charge in [0.05, 0.1) is 22.0 Å². The number of pyridine rings is 1. The molecule has 3 rings (SSSR count). The Labute approximate surface area is 174 Å². The molecule has 1 heterocycles. The van der Waals surface area contributed by atoms with Gasteiger partial charge in [-0.1, -0.05) is 66.4 Å². The molecular weight excluding hydrogens is 405 g/mol. The number of nitrogens with zero attached hydrogens (tertiary/aromatic N) is 1. The maximum atomic E-state index is 12.6. The number of hydrogen-bond donors (Lipinski definition) is 2. The van der Waals surface area contributed by atoms with Crippen molar-refractivity contribution in [1.29, 1.82) is 0 Å². The first-order chi connectivity index (χ1) is 13.9. The highest BCUT2D eigenvalue weighted by Crippen LogP contribution is 2.48. The average Bonchev–Trinajstić information content (AvgIpc) is 2.72. The van der Waals surface area contributed by atoms with Crippen LogP contribution in [0.5, 0.6) is 0 Å². The summed E-state index contributed by atoms with van der Waals surface area (Å²) in [6, 6.07) is 21.3. The second-order valence-electron chi connectivity index (χ2n) is 7.06. The van der Waals surface area contributed by atoms with Crippen molar-refractivity contribution in [3.05, 3.63) is 72.3 Å². The topological polar surface area (TPSA) is 87.5 Å². The minimum absolute atomic E-state index is 0.0409. The van der Waals surface area contributed by atoms with Gasteiger partial charge in [0, 0.05) is 11.5 Å². The number of carboxylic acids is 1. The van der Waals surface area contributed by atoms with Gasteiger partial charge in [-0.2, -0.15) is 0 Å². The zero-order valence-corrected chi connectivity index (χ0v) is 17.7. The zero-order chi connectivity index (χ0) is 20.7. The Morgan fingerprint density at radius 2 is 1.76 bits per heavy atom. The third kappa shape index (κ3) is 6.70. The van der Waals surface area contributed by atoms with Crippen LogP contribution < -0.4 is 0 Å². The van der Waals surface area contributed by atoms with E-state index in [-0.39, 0.29) is 11.7 Å². The molecule has 2 aromatic carbocycles. The van der Waals surface area contributed by atoms with Gasteiger partial charge in [-0.25, -0.2) is 4.98 Å². The van der Waals surface area contributed by atoms with Crippen LogP contribution in [-0.2, 0) is 15.8 Å². The van der Waals surface area contributed by atoms with Gasteiger partial charge in [0.2, 0.25) is 7.37 Å². The first kappa shape index (κ1) is 21.6. The lowest BCUT2D eigenvalue weighted by molar-refractivity contribution is -0.141. The first-order valence-corrected chi connectivity index (χ1v) is 12.5. The van der Waals surface area contributed by atoms with Crippen LogP contribution in [0.4, 0.5) is 0 Å². The van der Waals surface area contributed by atoms with Gasteiger partial charge in [0.25, 0.3) is 0 Å². The van der Waals surface area contributed by atoms with E-state index in [4.69, 9.17) is 0 Å². The number of aliphatic carboxylic acids is 1. The summed E-state index contributed by atoms with van der Waals surface area (Å²) in [7, 11) is -3.60. The minimum atomic E-state index is -3.60. The molecule has 0 aliphatic carbocycles. The quantitative estimate of drug-likeness (QED) is 0.337. The largest absolute Gasteiger partial charge is 0.481 e. The number of para-hydroxylation sites is 1. The summed E-state index contributed by atoms with van der Waals surface area (Å²) in [5, 5.41) is 11.2. The van der Waals surface area contributed by atoms with Crippen LogP contribution in [-0.4, -0.2) is 32.6 Å². The fourth-order valence-electron chi connectivity index (χ4n) is 3.18. The molecule has 0 saturated carbocycles. The summed E-state index contributed by atoms with van der Waals surface area (Å²) in [4.78, 5) is 26.4. The molecule has 2 N–H and O–H groups in total. The second kappa shape index (κ2) is 10.1. The Balaban J connectivity index is 1.54. The van der Waals surface area contributed by atoms with E-state index in [2.05, 4.69) is 4.98 Å². The van der Waals surface area contributed by atoms with Crippen LogP contribution >= 0.6 is 19.1 Å². The number of aromatic nitrogens is 1. The number of rotatable bonds is 10. The van der Waals surface area contributed by atoms with Crippen molar-refractivity contribution in [1.82, 2.24) is 4.98 Å². The number of hydrogen-bond acceptors (Lipinski definition) is 4. The number of carboxylic acid groups (broad SMARTS) is 1. The van der Waals surface area contributed by atoms with Crippen molar-refractivity contribution < 1.29 is 19.4 Å². The van der Waals surface area contributed by atoms with E-state index in [0.29, 0.717) is 17.9 Å². The van der Waals surface area contributed by atoms with Gasteiger partial charge in [-0.05, 0) is 37.0 Å². The van der Waals surface area contributed by atoms with E-state index < -0.39 is 19.3 Å². The maximum absolute atomic E-state index is 12.6. The van der Waals surface area contributed by atoms with Gasteiger partial charge in [-0.3, -0.25) is 9.36 Å². The lowest BCUT2D eigenvalue weighted by atomic mass is 10.0. The third-order valence-corrected chi connectivity index (χ3v) is 8.37. The summed E-state index contributed by atoms with van der Waals surface area (Å²) in [5.74, 6) is -1.83. The Kier molecular flexibility index (Phi) is 7.48. The fraction of sp³-hybridized carbons (Fsp3) is 0.273. The van der Waals surface area contributed by atoms with Crippen LogP contribution in [0.15, 0.2) is 71.8 Å². The lowest BCUT2D eigenvalue weighted by Crippen LogP contribution is -2.19. The molecule has 0 bridgehead atoms. The Hall–Kier alpha value is -2.14. The molecule has 2 atom stereocenters. The molecule has 0 aliphatic heterocycles. The summed E-state index contributed by atoms with van der Waals surface area (Å²) in [5.41, 5.74) is 1.93. The van der Waals surface area contributed by atoms with Crippen molar-refractivity contribution in [2.45, 2.75) is 24.3 Å². The zero-order valence-electron chi connectivity index (χ0n) is 16.0. The standard InChI is InChI=1S/C22H24NO4PS/c24-22(25)19(11-6-9-17-7-2-1-3-8-17)15-28(26,27)16-29-21-14-13-18-10-4-5-12-20(18)23-21/h1-5,7-8,10,12-14,19H,6,9,11,15-16H2,(H,24,25)(H,26,27). The molecular formula is C22H24NO4PS. The summed E-state index contributed by atoms with van der Waals surface area (Å²) >= 11 is 1.20. The first-order valence-electron chi connectivity index (χ1n) is 9.49. The monoisotopic (exact) mass is 429 g/mol. The summed E-state index contributed by atoms with van der Waals surface area (Å²) in [6.45, 7) is 0. The Morgan fingerprint density at radius 3 is 2.52 bits per heavy atom. The number of aryl methyl sites for hydroxylation is 1. The van der Waals surface area contributed by atoms with Gasteiger partial charge >= 0.3 is 5.97 Å². The molecule has 2 unspecified atom stereocenters. The molecule has 0 fully saturated rings. The van der Waals surface area contributed by atoms with Crippen LogP contribution in [0.1, 0.15) is 18.4 Å². The highest BCUT2D eigenvalue weighted by atomic mass is 32.2. The van der Waals surface area contributed by atoms with Crippen molar-refractivity contribution in [3.63, 3.8) is 0 Å². The van der Waals surface area contributed by atoms with Crippen molar-refractivity contribution in [3.8, 4) is 0 Å². The van der Waals surface area contributed by atoms with Crippen molar-refractivity contribution in [2.24, 2.45) is 5.92 Å². The molecule has 0 amide bonds. The average molecular weight is 429 g/mol. The predicted octanol–water partition coefficient (Wildman–Crippen LogP) is 5.28. The van der Waals surface area contributed by atoms with E-state index in [1.807, 2.05) is 66.7 Å². The van der Waals surface area contributed by atoms with Gasteiger partial charge in [0.15, 0.2) is 0 Å². The van der Waals surface area contributed by atoms with E-state index >= 15 is 0 Å². The van der Waals surface area contributed by atoms with Crippen LogP contribution in [0.25, 0.3) is 10.9 Å². The van der Waals surface area contributed by atoms with E-state index in [9.17, 15) is 19.4 Å². The fourth-order valence-corrected chi connectivity index (χ4v) is 6.29. The van der Waals surface area contributed by atoms with Crippen molar-refractivity contribution in [2.75, 3.05) is 11.7 Å². The summed E-state index contributed by atoms with van der Waals surface area (Å²) < 4.78 is 12.6. The van der Waals surface area contributed by atoms with Gasteiger partial charge < -0.3 is 10.00 Å². The lowest BCUT2D eigenvalue weighted by Gasteiger charge is -2.17. The highest BCUT2D eigenvalue weighted by Gasteiger charge is 2.29. The molecule has 3 aromatic rings. The molecule has 29 heavy (non-hydrogen) atoms. The van der Waals surface area contributed by atoms with E-state index in [1.54, 1.807) is 0 Å². The number of fused-ring (bicyclic) bond motifs is 1. The Bertz CT molecular complexity index is 1010. The molecule has 0 aliphatic rings. The Morgan fingerprint density at radius 1 is 1.03 bits per heavy atom. The number of thioether (sulfide) groups is 1. The smallest absolute Gasteiger partial charge is 0.307 e. The molecule has 0 saturated heterocycles. The molecule has 7 heteroatoms. The minimum Gasteiger partial charge on any atom is -0.481 e. The molecule has 5 nitrogen and oxygen atoms in total. The SMILES string of the molecule is O=C(O)C(CCCc1ccccc1)CP(=O)(O)CSc1ccc2ccccc2n1. The van der Waals surface area contributed by atoms with Crippen LogP contribution in [0, 0.1) is 5.92 Å². The highest BCUT2D eigenvalue weighted by molar-refractivity contribution is 8.04. The maximum Gasteiger partial charge on any atom is 0.307 e. The normalized spacial score (nSPS) is 14.4. The van der Waals surface area contributed by atoms with Crippen LogP contribution in [0.3, 0.4) is 0 Å². The second-order valence-corrected chi connectivity index (χ2v) is 10.9. The molecule has 1 aromatic heterocycles. The van der Waals surface area contributed by atoms with E-state index in [1.165, 1.54) is 11.8 Å². The van der Waals surface area contributed by atoms with Gasteiger partial charge in [0.1, 0.15) is 0 Å². The summed E-state index contributed by atoms with van der Waals surface area (Å²) in [6.07, 6.45) is 1.60. The number of carbonyl (C=O) groups is 1. The van der Waals surface area contributed by atoms with E-state index in [0.717, 1.165) is 22.9 Å². The van der Waals surface area contributed by atoms with Gasteiger partial charge in [-0.15, -0.1) is 0 Å². The third-order valence-electron chi connectivity index (χ3n) is 4.70. The number of benzene rings is 2. The van der Waals surface area contributed by atoms with Crippen LogP contribution in [0.2, 0.25) is 0 Å². The predicted molar refractivity (Wildman–Crippen MR) is 118 cm³/mol. The van der Waals surface area contributed by atoms with Crippen molar-refractivity contribution >= 4 is 36.0 Å². The molecule has 0 radical (unpaired) electrons. The molecule has 152 valence electrons.